The Hall–Kier alpha value is -0.540. The number of fused-ring (bicyclic) bond motifs is 3. The maximum Gasteiger partial charge on any atom is 0.126 e. The van der Waals surface area contributed by atoms with Gasteiger partial charge in [0.2, 0.25) is 0 Å². The van der Waals surface area contributed by atoms with Crippen LogP contribution < -0.4 is 10.1 Å². The van der Waals surface area contributed by atoms with E-state index in [-0.39, 0.29) is 0 Å². The highest BCUT2D eigenvalue weighted by atomic mass is 79.9. The first-order valence-corrected chi connectivity index (χ1v) is 8.31. The minimum Gasteiger partial charge on any atom is -0.493 e. The predicted molar refractivity (Wildman–Crippen MR) is 81.9 cm³/mol. The summed E-state index contributed by atoms with van der Waals surface area (Å²) in [6, 6.07) is 2.77. The zero-order valence-corrected chi connectivity index (χ0v) is 13.2. The maximum absolute atomic E-state index is 5.91. The van der Waals surface area contributed by atoms with Crippen LogP contribution in [0, 0.1) is 0 Å². The molecule has 2 nitrogen and oxygen atoms in total. The van der Waals surface area contributed by atoms with Gasteiger partial charge in [-0.05, 0) is 49.4 Å². The van der Waals surface area contributed by atoms with Gasteiger partial charge in [0.1, 0.15) is 5.75 Å². The first kappa shape index (κ1) is 13.4. The molecule has 0 spiro atoms. The Morgan fingerprint density at radius 3 is 3.11 bits per heavy atom. The second-order valence-corrected chi connectivity index (χ2v) is 6.44. The molecule has 1 heterocycles. The van der Waals surface area contributed by atoms with Gasteiger partial charge in [-0.15, -0.1) is 0 Å². The monoisotopic (exact) mass is 323 g/mol. The third-order valence-corrected chi connectivity index (χ3v) is 4.88. The summed E-state index contributed by atoms with van der Waals surface area (Å²) in [5.74, 6) is 1.20. The van der Waals surface area contributed by atoms with E-state index in [2.05, 4.69) is 34.2 Å². The van der Waals surface area contributed by atoms with Gasteiger partial charge in [-0.1, -0.05) is 29.3 Å². The van der Waals surface area contributed by atoms with Crippen molar-refractivity contribution >= 4 is 15.9 Å². The van der Waals surface area contributed by atoms with E-state index in [0.717, 1.165) is 19.6 Å². The van der Waals surface area contributed by atoms with Crippen LogP contribution in [0.15, 0.2) is 10.5 Å². The molecule has 1 unspecified atom stereocenters. The van der Waals surface area contributed by atoms with Crippen LogP contribution in [0.1, 0.15) is 55.3 Å². The third-order valence-electron chi connectivity index (χ3n) is 4.23. The number of hydrogen-bond donors (Lipinski definition) is 1. The van der Waals surface area contributed by atoms with Gasteiger partial charge >= 0.3 is 0 Å². The van der Waals surface area contributed by atoms with Gasteiger partial charge in [0.25, 0.3) is 0 Å². The standard InChI is InChI=1S/C16H22BrNO/c1-2-8-18-14-6-4-3-5-12-15(14)13(17)10-11-7-9-19-16(11)12/h10,14,18H,2-9H2,1H3. The van der Waals surface area contributed by atoms with Gasteiger partial charge in [0, 0.05) is 22.5 Å². The molecule has 0 radical (unpaired) electrons. The second-order valence-electron chi connectivity index (χ2n) is 5.59. The Kier molecular flexibility index (Phi) is 4.13. The second kappa shape index (κ2) is 5.84. The maximum atomic E-state index is 5.91. The summed E-state index contributed by atoms with van der Waals surface area (Å²) < 4.78 is 7.19. The molecule has 3 rings (SSSR count). The molecule has 0 bridgehead atoms. The van der Waals surface area contributed by atoms with Gasteiger partial charge in [0.15, 0.2) is 0 Å². The van der Waals surface area contributed by atoms with Crippen molar-refractivity contribution in [2.75, 3.05) is 13.2 Å². The Morgan fingerprint density at radius 2 is 2.26 bits per heavy atom. The van der Waals surface area contributed by atoms with Crippen molar-refractivity contribution in [1.82, 2.24) is 5.32 Å². The lowest BCUT2D eigenvalue weighted by Crippen LogP contribution is -2.23. The fourth-order valence-corrected chi connectivity index (χ4v) is 4.12. The molecule has 1 aromatic rings. The highest BCUT2D eigenvalue weighted by Gasteiger charge is 2.27. The van der Waals surface area contributed by atoms with E-state index in [1.807, 2.05) is 0 Å². The fraction of sp³-hybridized carbons (Fsp3) is 0.625. The quantitative estimate of drug-likeness (QED) is 0.844. The Labute approximate surface area is 124 Å². The molecule has 2 aliphatic rings. The van der Waals surface area contributed by atoms with Crippen LogP contribution in [-0.2, 0) is 12.8 Å². The third kappa shape index (κ3) is 2.55. The summed E-state index contributed by atoms with van der Waals surface area (Å²) >= 11 is 3.81. The molecule has 1 aliphatic carbocycles. The summed E-state index contributed by atoms with van der Waals surface area (Å²) in [6.07, 6.45) is 7.24. The van der Waals surface area contributed by atoms with Gasteiger partial charge < -0.3 is 10.1 Å². The lowest BCUT2D eigenvalue weighted by atomic mass is 9.95. The first-order chi connectivity index (χ1) is 9.31. The Bertz CT molecular complexity index is 472. The van der Waals surface area contributed by atoms with E-state index < -0.39 is 0 Å². The zero-order chi connectivity index (χ0) is 13.2. The molecule has 3 heteroatoms. The van der Waals surface area contributed by atoms with E-state index in [1.54, 1.807) is 0 Å². The molecule has 1 aliphatic heterocycles. The first-order valence-electron chi connectivity index (χ1n) is 7.51. The van der Waals surface area contributed by atoms with Gasteiger partial charge in [-0.25, -0.2) is 0 Å². The summed E-state index contributed by atoms with van der Waals surface area (Å²) in [5.41, 5.74) is 4.32. The molecule has 104 valence electrons. The summed E-state index contributed by atoms with van der Waals surface area (Å²) in [7, 11) is 0. The number of ether oxygens (including phenoxy) is 1. The molecular formula is C16H22BrNO. The van der Waals surface area contributed by atoms with Crippen LogP contribution in [0.2, 0.25) is 0 Å². The highest BCUT2D eigenvalue weighted by Crippen LogP contribution is 2.43. The van der Waals surface area contributed by atoms with Crippen molar-refractivity contribution in [2.24, 2.45) is 0 Å². The summed E-state index contributed by atoms with van der Waals surface area (Å²) in [4.78, 5) is 0. The number of nitrogens with one attached hydrogen (secondary N) is 1. The zero-order valence-electron chi connectivity index (χ0n) is 11.6. The van der Waals surface area contributed by atoms with Crippen LogP contribution >= 0.6 is 15.9 Å². The predicted octanol–water partition coefficient (Wildman–Crippen LogP) is 4.15. The molecule has 0 amide bonds. The van der Waals surface area contributed by atoms with Crippen molar-refractivity contribution < 1.29 is 4.74 Å². The van der Waals surface area contributed by atoms with Crippen LogP contribution in [0.5, 0.6) is 5.75 Å². The number of halogens is 1. The van der Waals surface area contributed by atoms with E-state index in [0.29, 0.717) is 6.04 Å². The van der Waals surface area contributed by atoms with E-state index in [9.17, 15) is 0 Å². The van der Waals surface area contributed by atoms with Gasteiger partial charge in [-0.3, -0.25) is 0 Å². The van der Waals surface area contributed by atoms with Crippen LogP contribution in [0.3, 0.4) is 0 Å². The molecule has 19 heavy (non-hydrogen) atoms. The molecular weight excluding hydrogens is 302 g/mol. The van der Waals surface area contributed by atoms with Crippen molar-refractivity contribution in [1.29, 1.82) is 0 Å². The number of benzene rings is 1. The smallest absolute Gasteiger partial charge is 0.126 e. The molecule has 0 fully saturated rings. The van der Waals surface area contributed by atoms with Gasteiger partial charge in [-0.2, -0.15) is 0 Å². The highest BCUT2D eigenvalue weighted by molar-refractivity contribution is 9.10. The van der Waals surface area contributed by atoms with Crippen LogP contribution in [0.25, 0.3) is 0 Å². The Balaban J connectivity index is 2.03. The minimum absolute atomic E-state index is 0.487. The fourth-order valence-electron chi connectivity index (χ4n) is 3.33. The largest absolute Gasteiger partial charge is 0.493 e. The lowest BCUT2D eigenvalue weighted by Gasteiger charge is -2.22. The topological polar surface area (TPSA) is 21.3 Å². The minimum atomic E-state index is 0.487. The van der Waals surface area contributed by atoms with E-state index in [4.69, 9.17) is 4.74 Å². The van der Waals surface area contributed by atoms with Crippen LogP contribution in [0.4, 0.5) is 0 Å². The average molecular weight is 324 g/mol. The van der Waals surface area contributed by atoms with Crippen molar-refractivity contribution in [3.63, 3.8) is 0 Å². The normalized spacial score (nSPS) is 21.5. The van der Waals surface area contributed by atoms with Crippen molar-refractivity contribution in [3.05, 3.63) is 27.2 Å². The molecule has 1 N–H and O–H groups in total. The van der Waals surface area contributed by atoms with E-state index in [1.165, 1.54) is 59.0 Å². The van der Waals surface area contributed by atoms with Crippen molar-refractivity contribution in [2.45, 2.75) is 51.5 Å². The molecule has 0 aromatic heterocycles. The molecule has 1 atom stereocenters. The van der Waals surface area contributed by atoms with Gasteiger partial charge in [0.05, 0.1) is 6.61 Å². The lowest BCUT2D eigenvalue weighted by molar-refractivity contribution is 0.352. The SMILES string of the molecule is CCCNC1CCCCc2c3c(cc(Br)c21)CCO3. The Morgan fingerprint density at radius 1 is 1.37 bits per heavy atom. The molecule has 0 saturated heterocycles. The molecule has 1 aromatic carbocycles. The van der Waals surface area contributed by atoms with Crippen LogP contribution in [-0.4, -0.2) is 13.2 Å². The number of rotatable bonds is 3. The van der Waals surface area contributed by atoms with Crippen molar-refractivity contribution in [3.8, 4) is 5.75 Å². The summed E-state index contributed by atoms with van der Waals surface area (Å²) in [5, 5.41) is 3.71. The average Bonchev–Trinajstić information content (AvgIpc) is 2.76. The van der Waals surface area contributed by atoms with E-state index >= 15 is 0 Å². The number of hydrogen-bond acceptors (Lipinski definition) is 2. The molecule has 0 saturated carbocycles. The summed E-state index contributed by atoms with van der Waals surface area (Å²) in [6.45, 7) is 4.17.